The Labute approximate surface area is 118 Å². The lowest BCUT2D eigenvalue weighted by atomic mass is 10.3. The van der Waals surface area contributed by atoms with Crippen molar-refractivity contribution >= 4 is 34.4 Å². The number of pyridine rings is 1. The monoisotopic (exact) mass is 289 g/mol. The van der Waals surface area contributed by atoms with E-state index in [0.29, 0.717) is 15.7 Å². The Balaban J connectivity index is 2.07. The van der Waals surface area contributed by atoms with E-state index in [1.807, 2.05) is 0 Å². The second-order valence-corrected chi connectivity index (χ2v) is 4.92. The van der Waals surface area contributed by atoms with Crippen LogP contribution in [-0.2, 0) is 4.79 Å². The molecule has 0 unspecified atom stereocenters. The fourth-order valence-corrected chi connectivity index (χ4v) is 2.12. The molecular formula is C13H11N3O3S. The van der Waals surface area contributed by atoms with Crippen LogP contribution in [0.4, 0.5) is 5.13 Å². The summed E-state index contributed by atoms with van der Waals surface area (Å²) in [6, 6.07) is 5.16. The fraction of sp³-hybridized carbons (Fsp3) is 0.0769. The molecule has 0 fully saturated rings. The van der Waals surface area contributed by atoms with Crippen molar-refractivity contribution in [1.29, 1.82) is 0 Å². The predicted molar refractivity (Wildman–Crippen MR) is 75.7 cm³/mol. The van der Waals surface area contributed by atoms with E-state index in [1.54, 1.807) is 25.1 Å². The normalized spacial score (nSPS) is 10.7. The molecule has 2 rings (SSSR count). The number of thiazole rings is 1. The average molecular weight is 289 g/mol. The van der Waals surface area contributed by atoms with Crippen molar-refractivity contribution in [2.24, 2.45) is 0 Å². The molecule has 20 heavy (non-hydrogen) atoms. The number of nitrogens with zero attached hydrogens (tertiary/aromatic N) is 2. The average Bonchev–Trinajstić information content (AvgIpc) is 2.84. The van der Waals surface area contributed by atoms with Crippen molar-refractivity contribution in [3.05, 3.63) is 46.7 Å². The van der Waals surface area contributed by atoms with Gasteiger partial charge in [0.15, 0.2) is 5.13 Å². The maximum Gasteiger partial charge on any atom is 0.328 e. The van der Waals surface area contributed by atoms with Crippen molar-refractivity contribution in [2.45, 2.75) is 6.92 Å². The van der Waals surface area contributed by atoms with Crippen molar-refractivity contribution in [1.82, 2.24) is 9.97 Å². The highest BCUT2D eigenvalue weighted by molar-refractivity contribution is 7.16. The van der Waals surface area contributed by atoms with Gasteiger partial charge in [0, 0.05) is 22.8 Å². The maximum absolute atomic E-state index is 11.9. The fourth-order valence-electron chi connectivity index (χ4n) is 1.41. The molecule has 0 aliphatic carbocycles. The quantitative estimate of drug-likeness (QED) is 0.842. The molecule has 2 aromatic rings. The Morgan fingerprint density at radius 1 is 1.40 bits per heavy atom. The smallest absolute Gasteiger partial charge is 0.328 e. The summed E-state index contributed by atoms with van der Waals surface area (Å²) in [7, 11) is 0. The van der Waals surface area contributed by atoms with Gasteiger partial charge < -0.3 is 5.11 Å². The van der Waals surface area contributed by atoms with Crippen LogP contribution in [0.1, 0.15) is 21.1 Å². The summed E-state index contributed by atoms with van der Waals surface area (Å²) in [4.78, 5) is 31.1. The molecule has 0 atom stereocenters. The zero-order chi connectivity index (χ0) is 14.5. The zero-order valence-corrected chi connectivity index (χ0v) is 11.3. The number of carboxylic acids is 1. The van der Waals surface area contributed by atoms with Crippen LogP contribution in [0.5, 0.6) is 0 Å². The minimum Gasteiger partial charge on any atom is -0.478 e. The van der Waals surface area contributed by atoms with Crippen molar-refractivity contribution in [3.8, 4) is 0 Å². The van der Waals surface area contributed by atoms with Crippen LogP contribution in [0.25, 0.3) is 6.08 Å². The number of aryl methyl sites for hydroxylation is 1. The Morgan fingerprint density at radius 3 is 2.90 bits per heavy atom. The van der Waals surface area contributed by atoms with Crippen molar-refractivity contribution in [3.63, 3.8) is 0 Å². The summed E-state index contributed by atoms with van der Waals surface area (Å²) >= 11 is 1.18. The number of amides is 1. The number of carbonyl (C=O) groups excluding carboxylic acids is 1. The molecule has 0 radical (unpaired) electrons. The molecular weight excluding hydrogens is 278 g/mol. The van der Waals surface area contributed by atoms with Gasteiger partial charge in [-0.05, 0) is 25.1 Å². The molecule has 0 aliphatic rings. The topological polar surface area (TPSA) is 92.2 Å². The molecule has 0 aliphatic heterocycles. The first-order valence-corrected chi connectivity index (χ1v) is 6.48. The zero-order valence-electron chi connectivity index (χ0n) is 10.5. The van der Waals surface area contributed by atoms with Crippen molar-refractivity contribution < 1.29 is 14.7 Å². The van der Waals surface area contributed by atoms with E-state index in [2.05, 4.69) is 15.3 Å². The Kier molecular flexibility index (Phi) is 4.21. The van der Waals surface area contributed by atoms with Gasteiger partial charge in [0.1, 0.15) is 5.69 Å². The molecule has 102 valence electrons. The highest BCUT2D eigenvalue weighted by atomic mass is 32.1. The number of hydrogen-bond acceptors (Lipinski definition) is 5. The second kappa shape index (κ2) is 6.07. The molecule has 0 spiro atoms. The summed E-state index contributed by atoms with van der Waals surface area (Å²) in [6.07, 6.45) is 3.92. The molecule has 6 nitrogen and oxygen atoms in total. The summed E-state index contributed by atoms with van der Waals surface area (Å²) in [5.74, 6) is -1.38. The molecule has 7 heteroatoms. The summed E-state index contributed by atoms with van der Waals surface area (Å²) < 4.78 is 0. The van der Waals surface area contributed by atoms with Gasteiger partial charge in [-0.25, -0.2) is 14.8 Å². The Morgan fingerprint density at radius 2 is 2.20 bits per heavy atom. The molecule has 0 saturated carbocycles. The van der Waals surface area contributed by atoms with Crippen LogP contribution < -0.4 is 5.32 Å². The SMILES string of the molecule is Cc1cccc(C(=O)Nc2ncc(C=CC(=O)O)s2)n1. The van der Waals surface area contributed by atoms with E-state index in [1.165, 1.54) is 23.6 Å². The number of rotatable bonds is 4. The lowest BCUT2D eigenvalue weighted by molar-refractivity contribution is -0.131. The lowest BCUT2D eigenvalue weighted by Crippen LogP contribution is -2.13. The highest BCUT2D eigenvalue weighted by Gasteiger charge is 2.09. The third-order valence-corrected chi connectivity index (χ3v) is 3.13. The van der Waals surface area contributed by atoms with Crippen LogP contribution >= 0.6 is 11.3 Å². The number of nitrogens with one attached hydrogen (secondary N) is 1. The van der Waals surface area contributed by atoms with Gasteiger partial charge in [0.05, 0.1) is 0 Å². The van der Waals surface area contributed by atoms with E-state index in [9.17, 15) is 9.59 Å². The maximum atomic E-state index is 11.9. The van der Waals surface area contributed by atoms with Gasteiger partial charge in [0.2, 0.25) is 0 Å². The number of aromatic nitrogens is 2. The third-order valence-electron chi connectivity index (χ3n) is 2.26. The van der Waals surface area contributed by atoms with Gasteiger partial charge in [0.25, 0.3) is 5.91 Å². The van der Waals surface area contributed by atoms with Gasteiger partial charge >= 0.3 is 5.97 Å². The van der Waals surface area contributed by atoms with Crippen LogP contribution in [0.3, 0.4) is 0 Å². The summed E-state index contributed by atoms with van der Waals surface area (Å²) in [6.45, 7) is 1.80. The Hall–Kier alpha value is -2.54. The molecule has 2 N–H and O–H groups in total. The van der Waals surface area contributed by atoms with E-state index < -0.39 is 5.97 Å². The Bertz CT molecular complexity index is 679. The van der Waals surface area contributed by atoms with E-state index in [4.69, 9.17) is 5.11 Å². The number of carboxylic acid groups (broad SMARTS) is 1. The first-order chi connectivity index (χ1) is 9.54. The molecule has 2 heterocycles. The lowest BCUT2D eigenvalue weighted by Gasteiger charge is -2.01. The number of anilines is 1. The van der Waals surface area contributed by atoms with Crippen LogP contribution in [0, 0.1) is 6.92 Å². The predicted octanol–water partition coefficient (Wildman–Crippen LogP) is 2.20. The van der Waals surface area contributed by atoms with Gasteiger partial charge in [-0.2, -0.15) is 0 Å². The molecule has 0 bridgehead atoms. The van der Waals surface area contributed by atoms with Crippen LogP contribution in [0.2, 0.25) is 0 Å². The minimum absolute atomic E-state index is 0.308. The van der Waals surface area contributed by atoms with Gasteiger partial charge in [-0.3, -0.25) is 10.1 Å². The van der Waals surface area contributed by atoms with Gasteiger partial charge in [-0.15, -0.1) is 0 Å². The highest BCUT2D eigenvalue weighted by Crippen LogP contribution is 2.19. The molecule has 2 aromatic heterocycles. The third kappa shape index (κ3) is 3.72. The largest absolute Gasteiger partial charge is 0.478 e. The number of carbonyl (C=O) groups is 2. The van der Waals surface area contributed by atoms with E-state index in [0.717, 1.165) is 11.8 Å². The molecule has 1 amide bonds. The number of aliphatic carboxylic acids is 1. The first kappa shape index (κ1) is 13.9. The van der Waals surface area contributed by atoms with Crippen molar-refractivity contribution in [2.75, 3.05) is 5.32 Å². The van der Waals surface area contributed by atoms with E-state index >= 15 is 0 Å². The number of hydrogen-bond donors (Lipinski definition) is 2. The minimum atomic E-state index is -1.03. The standard InChI is InChI=1S/C13H11N3O3S/c1-8-3-2-4-10(15-8)12(19)16-13-14-7-9(20-13)5-6-11(17)18/h2-7H,1H3,(H,17,18)(H,14,16,19). The summed E-state index contributed by atoms with van der Waals surface area (Å²) in [5.41, 5.74) is 1.06. The van der Waals surface area contributed by atoms with Gasteiger partial charge in [-0.1, -0.05) is 17.4 Å². The first-order valence-electron chi connectivity index (χ1n) is 5.66. The molecule has 0 saturated heterocycles. The summed E-state index contributed by atoms with van der Waals surface area (Å²) in [5, 5.41) is 11.5. The van der Waals surface area contributed by atoms with Crippen LogP contribution in [-0.4, -0.2) is 27.0 Å². The molecule has 0 aromatic carbocycles. The van der Waals surface area contributed by atoms with E-state index in [-0.39, 0.29) is 5.91 Å². The van der Waals surface area contributed by atoms with Crippen LogP contribution in [0.15, 0.2) is 30.5 Å². The second-order valence-electron chi connectivity index (χ2n) is 3.86.